The number of methoxy groups -OCH3 is 1. The molecule has 0 saturated carbocycles. The summed E-state index contributed by atoms with van der Waals surface area (Å²) in [6.45, 7) is 0.218. The zero-order valence-corrected chi connectivity index (χ0v) is 18.5. The highest BCUT2D eigenvalue weighted by molar-refractivity contribution is 6.39. The third-order valence-corrected chi connectivity index (χ3v) is 4.81. The van der Waals surface area contributed by atoms with E-state index in [0.717, 1.165) is 5.56 Å². The number of amides is 2. The van der Waals surface area contributed by atoms with Crippen LogP contribution in [0, 0.1) is 0 Å². The van der Waals surface area contributed by atoms with Gasteiger partial charge in [-0.2, -0.15) is 5.10 Å². The zero-order chi connectivity index (χ0) is 22.9. The minimum absolute atomic E-state index is 0.218. The molecule has 32 heavy (non-hydrogen) atoms. The van der Waals surface area contributed by atoms with Crippen molar-refractivity contribution in [3.8, 4) is 11.5 Å². The van der Waals surface area contributed by atoms with Crippen LogP contribution in [0.5, 0.6) is 11.5 Å². The van der Waals surface area contributed by atoms with E-state index in [-0.39, 0.29) is 6.61 Å². The smallest absolute Gasteiger partial charge is 0.329 e. The SMILES string of the molecule is COc1cccc(NC(=O)C(=O)N/N=C\c2ccccc2OCc2ccc(Cl)cc2Cl)c1. The maximum Gasteiger partial charge on any atom is 0.329 e. The monoisotopic (exact) mass is 471 g/mol. The quantitative estimate of drug-likeness (QED) is 0.297. The molecule has 0 aromatic heterocycles. The van der Waals surface area contributed by atoms with Crippen LogP contribution in [0.3, 0.4) is 0 Å². The second-order valence-electron chi connectivity index (χ2n) is 6.45. The Bertz CT molecular complexity index is 1150. The molecule has 0 heterocycles. The molecule has 0 aliphatic rings. The third-order valence-electron chi connectivity index (χ3n) is 4.22. The first-order valence-corrected chi connectivity index (χ1v) is 10.2. The summed E-state index contributed by atoms with van der Waals surface area (Å²) in [7, 11) is 1.51. The number of para-hydroxylation sites is 1. The summed E-state index contributed by atoms with van der Waals surface area (Å²) < 4.78 is 10.9. The summed E-state index contributed by atoms with van der Waals surface area (Å²) in [6, 6.07) is 18.9. The van der Waals surface area contributed by atoms with Crippen molar-refractivity contribution in [1.29, 1.82) is 0 Å². The Labute approximate surface area is 194 Å². The van der Waals surface area contributed by atoms with Gasteiger partial charge in [-0.25, -0.2) is 5.43 Å². The normalized spacial score (nSPS) is 10.6. The molecular formula is C23H19Cl2N3O4. The van der Waals surface area contributed by atoms with Gasteiger partial charge in [-0.1, -0.05) is 47.5 Å². The lowest BCUT2D eigenvalue weighted by Crippen LogP contribution is -2.32. The van der Waals surface area contributed by atoms with Gasteiger partial charge in [0.2, 0.25) is 0 Å². The summed E-state index contributed by atoms with van der Waals surface area (Å²) in [5.74, 6) is -0.706. The van der Waals surface area contributed by atoms with Crippen molar-refractivity contribution in [2.24, 2.45) is 5.10 Å². The zero-order valence-electron chi connectivity index (χ0n) is 17.0. The number of halogens is 2. The van der Waals surface area contributed by atoms with Crippen molar-refractivity contribution in [1.82, 2.24) is 5.43 Å². The molecule has 0 saturated heterocycles. The molecule has 0 unspecified atom stereocenters. The highest BCUT2D eigenvalue weighted by atomic mass is 35.5. The number of carbonyl (C=O) groups excluding carboxylic acids is 2. The summed E-state index contributed by atoms with van der Waals surface area (Å²) in [5, 5.41) is 7.36. The first-order valence-electron chi connectivity index (χ1n) is 9.40. The Balaban J connectivity index is 1.59. The molecule has 0 atom stereocenters. The van der Waals surface area contributed by atoms with Crippen molar-refractivity contribution in [3.63, 3.8) is 0 Å². The predicted molar refractivity (Wildman–Crippen MR) is 125 cm³/mol. The molecule has 3 rings (SSSR count). The van der Waals surface area contributed by atoms with E-state index in [0.29, 0.717) is 32.8 Å². The number of hydrogen-bond acceptors (Lipinski definition) is 5. The highest BCUT2D eigenvalue weighted by Gasteiger charge is 2.13. The molecule has 9 heteroatoms. The van der Waals surface area contributed by atoms with Crippen molar-refractivity contribution < 1.29 is 19.1 Å². The van der Waals surface area contributed by atoms with Gasteiger partial charge in [0.15, 0.2) is 0 Å². The third kappa shape index (κ3) is 6.47. The molecule has 3 aromatic rings. The molecule has 0 spiro atoms. The molecule has 0 aliphatic carbocycles. The number of nitrogens with zero attached hydrogens (tertiary/aromatic N) is 1. The number of hydrazone groups is 1. The second-order valence-corrected chi connectivity index (χ2v) is 7.29. The number of nitrogens with one attached hydrogen (secondary N) is 2. The predicted octanol–water partition coefficient (Wildman–Crippen LogP) is 4.67. The first kappa shape index (κ1) is 23.1. The Hall–Kier alpha value is -3.55. The highest BCUT2D eigenvalue weighted by Crippen LogP contribution is 2.24. The fraction of sp³-hybridized carbons (Fsp3) is 0.0870. The number of benzene rings is 3. The Kier molecular flexibility index (Phi) is 8.08. The van der Waals surface area contributed by atoms with Crippen molar-refractivity contribution in [2.45, 2.75) is 6.61 Å². The summed E-state index contributed by atoms with van der Waals surface area (Å²) in [4.78, 5) is 24.1. The topological polar surface area (TPSA) is 89.0 Å². The van der Waals surface area contributed by atoms with E-state index in [9.17, 15) is 9.59 Å². The number of carbonyl (C=O) groups is 2. The van der Waals surface area contributed by atoms with Gasteiger partial charge < -0.3 is 14.8 Å². The Morgan fingerprint density at radius 2 is 1.81 bits per heavy atom. The molecule has 3 aromatic carbocycles. The van der Waals surface area contributed by atoms with Crippen molar-refractivity contribution >= 4 is 46.9 Å². The molecule has 0 bridgehead atoms. The summed E-state index contributed by atoms with van der Waals surface area (Å²) in [5.41, 5.74) is 3.99. The van der Waals surface area contributed by atoms with Crippen LogP contribution in [-0.4, -0.2) is 25.1 Å². The molecule has 164 valence electrons. The van der Waals surface area contributed by atoms with Crippen LogP contribution in [0.15, 0.2) is 71.8 Å². The van der Waals surface area contributed by atoms with Crippen LogP contribution in [0.25, 0.3) is 0 Å². The average Bonchev–Trinajstić information content (AvgIpc) is 2.79. The molecule has 2 N–H and O–H groups in total. The van der Waals surface area contributed by atoms with Gasteiger partial charge in [0.05, 0.1) is 13.3 Å². The van der Waals surface area contributed by atoms with Gasteiger partial charge in [0, 0.05) is 32.9 Å². The van der Waals surface area contributed by atoms with E-state index in [1.54, 1.807) is 66.7 Å². The number of rotatable bonds is 7. The minimum atomic E-state index is -0.921. The van der Waals surface area contributed by atoms with Crippen molar-refractivity contribution in [3.05, 3.63) is 87.9 Å². The molecule has 2 amide bonds. The van der Waals surface area contributed by atoms with Gasteiger partial charge in [-0.15, -0.1) is 0 Å². The Morgan fingerprint density at radius 3 is 2.59 bits per heavy atom. The molecule has 0 fully saturated rings. The Morgan fingerprint density at radius 1 is 1.00 bits per heavy atom. The van der Waals surface area contributed by atoms with E-state index >= 15 is 0 Å². The number of ether oxygens (including phenoxy) is 2. The van der Waals surface area contributed by atoms with Gasteiger partial charge in [0.1, 0.15) is 18.1 Å². The van der Waals surface area contributed by atoms with Crippen LogP contribution >= 0.6 is 23.2 Å². The van der Waals surface area contributed by atoms with Gasteiger partial charge in [0.25, 0.3) is 0 Å². The first-order chi connectivity index (χ1) is 15.5. The maximum atomic E-state index is 12.1. The van der Waals surface area contributed by atoms with Crippen LogP contribution in [0.1, 0.15) is 11.1 Å². The van der Waals surface area contributed by atoms with Gasteiger partial charge in [-0.3, -0.25) is 9.59 Å². The van der Waals surface area contributed by atoms with E-state index < -0.39 is 11.8 Å². The number of anilines is 1. The lowest BCUT2D eigenvalue weighted by molar-refractivity contribution is -0.136. The average molecular weight is 472 g/mol. The summed E-state index contributed by atoms with van der Waals surface area (Å²) in [6.07, 6.45) is 1.38. The largest absolute Gasteiger partial charge is 0.497 e. The van der Waals surface area contributed by atoms with Crippen molar-refractivity contribution in [2.75, 3.05) is 12.4 Å². The van der Waals surface area contributed by atoms with E-state index in [2.05, 4.69) is 15.8 Å². The standard InChI is InChI=1S/C23H19Cl2N3O4/c1-31-19-7-4-6-18(12-19)27-22(29)23(30)28-26-13-15-5-2-3-8-21(15)32-14-16-9-10-17(24)11-20(16)25/h2-13H,14H2,1H3,(H,27,29)(H,28,30)/b26-13-. The fourth-order valence-corrected chi connectivity index (χ4v) is 3.08. The summed E-state index contributed by atoms with van der Waals surface area (Å²) >= 11 is 12.1. The lowest BCUT2D eigenvalue weighted by atomic mass is 10.2. The van der Waals surface area contributed by atoms with E-state index in [1.807, 2.05) is 0 Å². The van der Waals surface area contributed by atoms with Crippen LogP contribution in [0.2, 0.25) is 10.0 Å². The second kappa shape index (κ2) is 11.2. The van der Waals surface area contributed by atoms with Gasteiger partial charge >= 0.3 is 11.8 Å². The lowest BCUT2D eigenvalue weighted by Gasteiger charge is -2.10. The molecule has 0 radical (unpaired) electrons. The maximum absolute atomic E-state index is 12.1. The number of hydrogen-bond donors (Lipinski definition) is 2. The molecule has 0 aliphatic heterocycles. The van der Waals surface area contributed by atoms with E-state index in [1.165, 1.54) is 13.3 Å². The fourth-order valence-electron chi connectivity index (χ4n) is 2.61. The van der Waals surface area contributed by atoms with E-state index in [4.69, 9.17) is 32.7 Å². The minimum Gasteiger partial charge on any atom is -0.497 e. The van der Waals surface area contributed by atoms with Crippen LogP contribution < -0.4 is 20.2 Å². The molecular weight excluding hydrogens is 453 g/mol. The van der Waals surface area contributed by atoms with Crippen LogP contribution in [-0.2, 0) is 16.2 Å². The van der Waals surface area contributed by atoms with Crippen LogP contribution in [0.4, 0.5) is 5.69 Å². The van der Waals surface area contributed by atoms with Gasteiger partial charge in [-0.05, 0) is 36.4 Å². The molecule has 7 nitrogen and oxygen atoms in total.